The van der Waals surface area contributed by atoms with E-state index in [0.717, 1.165) is 31.3 Å². The molecule has 5 heteroatoms. The number of piperidine rings is 1. The highest BCUT2D eigenvalue weighted by Gasteiger charge is 2.24. The third-order valence-electron chi connectivity index (χ3n) is 3.74. The Morgan fingerprint density at radius 1 is 1.40 bits per heavy atom. The van der Waals surface area contributed by atoms with Crippen LogP contribution in [-0.4, -0.2) is 42.8 Å². The van der Waals surface area contributed by atoms with Crippen LogP contribution in [0.2, 0.25) is 0 Å². The molecular weight excluding hydrogens is 252 g/mol. The third kappa shape index (κ3) is 3.82. The molecule has 0 radical (unpaired) electrons. The Labute approximate surface area is 121 Å². The average molecular weight is 278 g/mol. The summed E-state index contributed by atoms with van der Waals surface area (Å²) in [6, 6.07) is 2.47. The normalized spacial score (nSPS) is 19.1. The highest BCUT2D eigenvalue weighted by molar-refractivity contribution is 5.43. The number of anilines is 1. The highest BCUT2D eigenvalue weighted by atomic mass is 16.5. The molecule has 1 aromatic heterocycles. The average Bonchev–Trinajstić information content (AvgIpc) is 2.47. The quantitative estimate of drug-likeness (QED) is 0.808. The van der Waals surface area contributed by atoms with Gasteiger partial charge in [0.2, 0.25) is 5.88 Å². The standard InChI is InChI=1S/C15H26N4O/c1-4-8-16-11-13-7-5-6-9-19(13)14-10-15(20-3)18-12(2)17-14/h10,13,16H,4-9,11H2,1-3H3. The first-order valence-electron chi connectivity index (χ1n) is 7.61. The number of hydrogen-bond donors (Lipinski definition) is 1. The van der Waals surface area contributed by atoms with Crippen LogP contribution in [0.5, 0.6) is 5.88 Å². The molecule has 0 aromatic carbocycles. The smallest absolute Gasteiger partial charge is 0.218 e. The van der Waals surface area contributed by atoms with Gasteiger partial charge in [0.05, 0.1) is 7.11 Å². The van der Waals surface area contributed by atoms with Crippen molar-refractivity contribution in [2.45, 2.75) is 45.6 Å². The summed E-state index contributed by atoms with van der Waals surface area (Å²) < 4.78 is 5.27. The summed E-state index contributed by atoms with van der Waals surface area (Å²) in [5.41, 5.74) is 0. The highest BCUT2D eigenvalue weighted by Crippen LogP contribution is 2.25. The fourth-order valence-electron chi connectivity index (χ4n) is 2.74. The molecule has 20 heavy (non-hydrogen) atoms. The molecule has 1 fully saturated rings. The first-order chi connectivity index (χ1) is 9.74. The molecule has 1 aliphatic rings. The number of ether oxygens (including phenoxy) is 1. The van der Waals surface area contributed by atoms with Crippen molar-refractivity contribution in [1.82, 2.24) is 15.3 Å². The Morgan fingerprint density at radius 3 is 3.00 bits per heavy atom. The van der Waals surface area contributed by atoms with E-state index in [9.17, 15) is 0 Å². The monoisotopic (exact) mass is 278 g/mol. The van der Waals surface area contributed by atoms with Gasteiger partial charge in [-0.3, -0.25) is 0 Å². The summed E-state index contributed by atoms with van der Waals surface area (Å²) in [6.07, 6.45) is 4.93. The molecule has 1 aromatic rings. The lowest BCUT2D eigenvalue weighted by Gasteiger charge is -2.37. The summed E-state index contributed by atoms with van der Waals surface area (Å²) in [7, 11) is 1.65. The van der Waals surface area contributed by atoms with Gasteiger partial charge in [0.25, 0.3) is 0 Å². The van der Waals surface area contributed by atoms with E-state index in [0.29, 0.717) is 11.9 Å². The number of methoxy groups -OCH3 is 1. The minimum atomic E-state index is 0.523. The molecule has 2 rings (SSSR count). The molecule has 112 valence electrons. The van der Waals surface area contributed by atoms with Gasteiger partial charge in [-0.05, 0) is 39.2 Å². The van der Waals surface area contributed by atoms with E-state index in [2.05, 4.69) is 27.1 Å². The molecule has 5 nitrogen and oxygen atoms in total. The van der Waals surface area contributed by atoms with Crippen LogP contribution in [0.4, 0.5) is 5.82 Å². The molecule has 1 N–H and O–H groups in total. The Hall–Kier alpha value is -1.36. The summed E-state index contributed by atoms with van der Waals surface area (Å²) in [5, 5.41) is 3.53. The van der Waals surface area contributed by atoms with Crippen molar-refractivity contribution in [3.63, 3.8) is 0 Å². The fourth-order valence-corrected chi connectivity index (χ4v) is 2.74. The van der Waals surface area contributed by atoms with Crippen molar-refractivity contribution in [3.05, 3.63) is 11.9 Å². The van der Waals surface area contributed by atoms with Crippen LogP contribution in [0.3, 0.4) is 0 Å². The van der Waals surface area contributed by atoms with E-state index in [1.165, 1.54) is 25.7 Å². The van der Waals surface area contributed by atoms with Crippen LogP contribution in [0.25, 0.3) is 0 Å². The molecule has 0 bridgehead atoms. The Morgan fingerprint density at radius 2 is 2.25 bits per heavy atom. The van der Waals surface area contributed by atoms with Crippen LogP contribution in [0.15, 0.2) is 6.07 Å². The molecule has 0 saturated carbocycles. The number of hydrogen-bond acceptors (Lipinski definition) is 5. The van der Waals surface area contributed by atoms with E-state index in [4.69, 9.17) is 4.74 Å². The zero-order chi connectivity index (χ0) is 14.4. The molecule has 1 saturated heterocycles. The number of nitrogens with one attached hydrogen (secondary N) is 1. The van der Waals surface area contributed by atoms with Gasteiger partial charge < -0.3 is 15.0 Å². The first-order valence-corrected chi connectivity index (χ1v) is 7.61. The molecule has 0 aliphatic carbocycles. The van der Waals surface area contributed by atoms with Gasteiger partial charge in [0, 0.05) is 25.2 Å². The van der Waals surface area contributed by atoms with Gasteiger partial charge in [0.1, 0.15) is 11.6 Å². The minimum absolute atomic E-state index is 0.523. The largest absolute Gasteiger partial charge is 0.481 e. The number of nitrogens with zero attached hydrogens (tertiary/aromatic N) is 3. The Balaban J connectivity index is 2.12. The van der Waals surface area contributed by atoms with Crippen molar-refractivity contribution in [2.24, 2.45) is 0 Å². The van der Waals surface area contributed by atoms with Crippen molar-refractivity contribution in [1.29, 1.82) is 0 Å². The second-order valence-corrected chi connectivity index (χ2v) is 5.36. The maximum absolute atomic E-state index is 5.27. The molecule has 1 aliphatic heterocycles. The fraction of sp³-hybridized carbons (Fsp3) is 0.733. The van der Waals surface area contributed by atoms with E-state index >= 15 is 0 Å². The summed E-state index contributed by atoms with van der Waals surface area (Å²) in [5.74, 6) is 2.42. The molecule has 0 spiro atoms. The van der Waals surface area contributed by atoms with Crippen molar-refractivity contribution < 1.29 is 4.74 Å². The van der Waals surface area contributed by atoms with Crippen LogP contribution >= 0.6 is 0 Å². The number of aromatic nitrogens is 2. The molecule has 2 heterocycles. The first kappa shape index (κ1) is 15.0. The van der Waals surface area contributed by atoms with Gasteiger partial charge in [-0.1, -0.05) is 6.92 Å². The van der Waals surface area contributed by atoms with Crippen LogP contribution in [0.1, 0.15) is 38.4 Å². The zero-order valence-electron chi connectivity index (χ0n) is 12.9. The Bertz CT molecular complexity index is 424. The molecule has 1 atom stereocenters. The van der Waals surface area contributed by atoms with Crippen LogP contribution < -0.4 is 15.0 Å². The summed E-state index contributed by atoms with van der Waals surface area (Å²) in [6.45, 7) is 7.29. The molecule has 1 unspecified atom stereocenters. The second kappa shape index (κ2) is 7.43. The van der Waals surface area contributed by atoms with Gasteiger partial charge >= 0.3 is 0 Å². The SMILES string of the molecule is CCCNCC1CCCCN1c1cc(OC)nc(C)n1. The van der Waals surface area contributed by atoms with Crippen LogP contribution in [-0.2, 0) is 0 Å². The van der Waals surface area contributed by atoms with Crippen molar-refractivity contribution >= 4 is 5.82 Å². The minimum Gasteiger partial charge on any atom is -0.481 e. The zero-order valence-corrected chi connectivity index (χ0v) is 12.9. The van der Waals surface area contributed by atoms with E-state index in [-0.39, 0.29) is 0 Å². The Kier molecular flexibility index (Phi) is 5.59. The maximum atomic E-state index is 5.27. The third-order valence-corrected chi connectivity index (χ3v) is 3.74. The van der Waals surface area contributed by atoms with Gasteiger partial charge in [-0.15, -0.1) is 0 Å². The lowest BCUT2D eigenvalue weighted by atomic mass is 10.0. The predicted molar refractivity (Wildman–Crippen MR) is 81.5 cm³/mol. The van der Waals surface area contributed by atoms with E-state index in [1.807, 2.05) is 13.0 Å². The second-order valence-electron chi connectivity index (χ2n) is 5.36. The topological polar surface area (TPSA) is 50.3 Å². The number of rotatable bonds is 6. The summed E-state index contributed by atoms with van der Waals surface area (Å²) in [4.78, 5) is 11.3. The number of aryl methyl sites for hydroxylation is 1. The lowest BCUT2D eigenvalue weighted by molar-refractivity contribution is 0.393. The summed E-state index contributed by atoms with van der Waals surface area (Å²) >= 11 is 0. The lowest BCUT2D eigenvalue weighted by Crippen LogP contribution is -2.46. The van der Waals surface area contributed by atoms with Crippen LogP contribution in [0, 0.1) is 6.92 Å². The predicted octanol–water partition coefficient (Wildman–Crippen LogP) is 2.15. The van der Waals surface area contributed by atoms with Crippen molar-refractivity contribution in [2.75, 3.05) is 31.6 Å². The molecular formula is C15H26N4O. The van der Waals surface area contributed by atoms with Gasteiger partial charge in [-0.25, -0.2) is 4.98 Å². The van der Waals surface area contributed by atoms with Gasteiger partial charge in [-0.2, -0.15) is 4.98 Å². The van der Waals surface area contributed by atoms with Crippen molar-refractivity contribution in [3.8, 4) is 5.88 Å². The molecule has 0 amide bonds. The maximum Gasteiger partial charge on any atom is 0.218 e. The van der Waals surface area contributed by atoms with Gasteiger partial charge in [0.15, 0.2) is 0 Å². The van der Waals surface area contributed by atoms with E-state index in [1.54, 1.807) is 7.11 Å². The van der Waals surface area contributed by atoms with E-state index < -0.39 is 0 Å².